The predicted octanol–water partition coefficient (Wildman–Crippen LogP) is 7.08. The summed E-state index contributed by atoms with van der Waals surface area (Å²) in [5.74, 6) is 0. The van der Waals surface area contributed by atoms with E-state index >= 15 is 0 Å². The zero-order valence-corrected chi connectivity index (χ0v) is 14.9. The van der Waals surface area contributed by atoms with Crippen LogP contribution < -0.4 is 0 Å². The first kappa shape index (κ1) is 15.5. The second-order valence-electron chi connectivity index (χ2n) is 6.37. The number of allylic oxidation sites excluding steroid dienone is 4. The summed E-state index contributed by atoms with van der Waals surface area (Å²) in [6.07, 6.45) is 7.32. The van der Waals surface area contributed by atoms with E-state index in [1.54, 1.807) is 16.1 Å². The molecule has 0 aromatic heterocycles. The Balaban J connectivity index is 1.91. The molecule has 0 spiro atoms. The van der Waals surface area contributed by atoms with Crippen LogP contribution in [0.2, 0.25) is 0 Å². The lowest BCUT2D eigenvalue weighted by molar-refractivity contribution is 0.754. The number of fused-ring (bicyclic) bond motifs is 1. The van der Waals surface area contributed by atoms with E-state index in [1.807, 2.05) is 11.8 Å². The average molecular weight is 330 g/mol. The highest BCUT2D eigenvalue weighted by molar-refractivity contribution is 8.12. The maximum atomic E-state index is 2.41. The predicted molar refractivity (Wildman–Crippen MR) is 107 cm³/mol. The summed E-state index contributed by atoms with van der Waals surface area (Å²) in [5.41, 5.74) is 7.29. The van der Waals surface area contributed by atoms with Crippen molar-refractivity contribution in [1.29, 1.82) is 0 Å². The van der Waals surface area contributed by atoms with Gasteiger partial charge in [-0.25, -0.2) is 0 Å². The summed E-state index contributed by atoms with van der Waals surface area (Å²) in [4.78, 5) is 2.92. The second-order valence-corrected chi connectivity index (χ2v) is 7.43. The molecule has 1 heteroatoms. The van der Waals surface area contributed by atoms with Gasteiger partial charge < -0.3 is 0 Å². The highest BCUT2D eigenvalue weighted by atomic mass is 32.2. The molecule has 4 rings (SSSR count). The Kier molecular flexibility index (Phi) is 4.44. The Morgan fingerprint density at radius 1 is 0.833 bits per heavy atom. The number of thioether (sulfide) groups is 1. The Morgan fingerprint density at radius 3 is 2.17 bits per heavy atom. The van der Waals surface area contributed by atoms with Crippen molar-refractivity contribution in [3.8, 4) is 0 Å². The minimum atomic E-state index is 1.16. The second kappa shape index (κ2) is 6.86. The lowest BCUT2D eigenvalue weighted by atomic mass is 9.87. The fourth-order valence-corrected chi connectivity index (χ4v) is 5.00. The molecule has 0 N–H and O–H groups in total. The van der Waals surface area contributed by atoms with Gasteiger partial charge in [0.15, 0.2) is 0 Å². The molecule has 0 saturated heterocycles. The SMILES string of the molecule is CCC1=C2SC(c3ccccc3)=CC(c3ccccc3)=C2CCC1. The lowest BCUT2D eigenvalue weighted by Gasteiger charge is -2.29. The molecule has 2 aliphatic rings. The van der Waals surface area contributed by atoms with Crippen LogP contribution in [-0.2, 0) is 0 Å². The average Bonchev–Trinajstić information content (AvgIpc) is 2.68. The molecule has 0 saturated carbocycles. The molecule has 0 bridgehead atoms. The maximum Gasteiger partial charge on any atom is 0.0201 e. The van der Waals surface area contributed by atoms with E-state index in [-0.39, 0.29) is 0 Å². The summed E-state index contributed by atoms with van der Waals surface area (Å²) >= 11 is 1.98. The van der Waals surface area contributed by atoms with Crippen LogP contribution in [-0.4, -0.2) is 0 Å². The molecule has 0 radical (unpaired) electrons. The molecule has 1 aliphatic carbocycles. The molecule has 1 heterocycles. The van der Waals surface area contributed by atoms with Crippen molar-refractivity contribution in [3.05, 3.63) is 93.9 Å². The summed E-state index contributed by atoms with van der Waals surface area (Å²) < 4.78 is 0. The lowest BCUT2D eigenvalue weighted by Crippen LogP contribution is -2.06. The number of benzene rings is 2. The first-order valence-corrected chi connectivity index (χ1v) is 9.64. The molecule has 24 heavy (non-hydrogen) atoms. The van der Waals surface area contributed by atoms with Gasteiger partial charge in [-0.1, -0.05) is 84.9 Å². The van der Waals surface area contributed by atoms with E-state index in [9.17, 15) is 0 Å². The van der Waals surface area contributed by atoms with Crippen molar-refractivity contribution >= 4 is 22.2 Å². The molecule has 120 valence electrons. The molecule has 0 amide bonds. The van der Waals surface area contributed by atoms with Gasteiger partial charge in [0.2, 0.25) is 0 Å². The zero-order valence-electron chi connectivity index (χ0n) is 14.1. The summed E-state index contributed by atoms with van der Waals surface area (Å²) in [6.45, 7) is 2.30. The van der Waals surface area contributed by atoms with E-state index in [2.05, 4.69) is 73.7 Å². The summed E-state index contributed by atoms with van der Waals surface area (Å²) in [5, 5.41) is 0. The third-order valence-corrected chi connectivity index (χ3v) is 6.20. The molecule has 2 aromatic carbocycles. The zero-order chi connectivity index (χ0) is 16.4. The normalized spacial score (nSPS) is 17.6. The van der Waals surface area contributed by atoms with Gasteiger partial charge in [-0.15, -0.1) is 0 Å². The number of hydrogen-bond donors (Lipinski definition) is 0. The third-order valence-electron chi connectivity index (χ3n) is 4.88. The van der Waals surface area contributed by atoms with Crippen LogP contribution in [0.5, 0.6) is 0 Å². The Bertz CT molecular complexity index is 823. The van der Waals surface area contributed by atoms with Crippen LogP contribution in [0.25, 0.3) is 10.5 Å². The van der Waals surface area contributed by atoms with Crippen LogP contribution in [0.3, 0.4) is 0 Å². The van der Waals surface area contributed by atoms with Gasteiger partial charge in [0.05, 0.1) is 0 Å². The van der Waals surface area contributed by atoms with E-state index in [0.29, 0.717) is 0 Å². The fraction of sp³-hybridized carbons (Fsp3) is 0.217. The van der Waals surface area contributed by atoms with E-state index in [4.69, 9.17) is 0 Å². The molecule has 0 nitrogen and oxygen atoms in total. The molecule has 1 aliphatic heterocycles. The van der Waals surface area contributed by atoms with Gasteiger partial charge in [0, 0.05) is 9.81 Å². The van der Waals surface area contributed by atoms with E-state index in [0.717, 1.165) is 6.42 Å². The van der Waals surface area contributed by atoms with Crippen molar-refractivity contribution in [2.45, 2.75) is 32.6 Å². The van der Waals surface area contributed by atoms with Crippen LogP contribution in [0.4, 0.5) is 0 Å². The standard InChI is InChI=1S/C23H22S/c1-2-17-14-9-15-20-21(18-10-5-3-6-11-18)16-22(24-23(17)20)19-12-7-4-8-13-19/h3-8,10-13,16H,2,9,14-15H2,1H3. The van der Waals surface area contributed by atoms with Gasteiger partial charge in [-0.2, -0.15) is 0 Å². The van der Waals surface area contributed by atoms with Gasteiger partial charge in [0.25, 0.3) is 0 Å². The van der Waals surface area contributed by atoms with Crippen molar-refractivity contribution in [3.63, 3.8) is 0 Å². The third kappa shape index (κ3) is 2.89. The van der Waals surface area contributed by atoms with Crippen LogP contribution in [0.1, 0.15) is 43.7 Å². The highest BCUT2D eigenvalue weighted by Crippen LogP contribution is 2.51. The quantitative estimate of drug-likeness (QED) is 0.579. The maximum absolute atomic E-state index is 2.41. The molecular formula is C23H22S. The van der Waals surface area contributed by atoms with E-state index < -0.39 is 0 Å². The van der Waals surface area contributed by atoms with Gasteiger partial charge in [-0.05, 0) is 54.0 Å². The largest absolute Gasteiger partial charge is 0.0892 e. The minimum absolute atomic E-state index is 1.16. The summed E-state index contributed by atoms with van der Waals surface area (Å²) in [7, 11) is 0. The van der Waals surface area contributed by atoms with Crippen molar-refractivity contribution in [2.24, 2.45) is 0 Å². The van der Waals surface area contributed by atoms with Crippen LogP contribution in [0, 0.1) is 0 Å². The highest BCUT2D eigenvalue weighted by Gasteiger charge is 2.25. The fourth-order valence-electron chi connectivity index (χ4n) is 3.62. The smallest absolute Gasteiger partial charge is 0.0201 e. The van der Waals surface area contributed by atoms with Gasteiger partial charge in [-0.3, -0.25) is 0 Å². The topological polar surface area (TPSA) is 0 Å². The number of rotatable bonds is 3. The Hall–Kier alpha value is -1.99. The molecule has 0 atom stereocenters. The van der Waals surface area contributed by atoms with E-state index in [1.165, 1.54) is 40.9 Å². The molecule has 2 aromatic rings. The Labute approximate surface area is 149 Å². The first-order valence-electron chi connectivity index (χ1n) is 8.82. The van der Waals surface area contributed by atoms with Crippen LogP contribution in [0.15, 0.2) is 82.8 Å². The first-order chi connectivity index (χ1) is 11.9. The molecule has 0 unspecified atom stereocenters. The van der Waals surface area contributed by atoms with Crippen LogP contribution >= 0.6 is 11.8 Å². The monoisotopic (exact) mass is 330 g/mol. The van der Waals surface area contributed by atoms with Crippen molar-refractivity contribution < 1.29 is 0 Å². The van der Waals surface area contributed by atoms with Crippen molar-refractivity contribution in [1.82, 2.24) is 0 Å². The van der Waals surface area contributed by atoms with Gasteiger partial charge in [0.1, 0.15) is 0 Å². The van der Waals surface area contributed by atoms with Crippen molar-refractivity contribution in [2.75, 3.05) is 0 Å². The minimum Gasteiger partial charge on any atom is -0.0892 e. The summed E-state index contributed by atoms with van der Waals surface area (Å²) in [6, 6.07) is 21.7. The Morgan fingerprint density at radius 2 is 1.50 bits per heavy atom. The molecular weight excluding hydrogens is 308 g/mol. The van der Waals surface area contributed by atoms with Gasteiger partial charge >= 0.3 is 0 Å². The molecule has 0 fully saturated rings. The number of hydrogen-bond acceptors (Lipinski definition) is 1.